The summed E-state index contributed by atoms with van der Waals surface area (Å²) in [4.78, 5) is 2.10. The van der Waals surface area contributed by atoms with Crippen molar-refractivity contribution in [1.82, 2.24) is 10.2 Å². The normalized spacial score (nSPS) is 22.1. The fraction of sp³-hybridized carbons (Fsp3) is 0.643. The number of anilines is 1. The summed E-state index contributed by atoms with van der Waals surface area (Å²) in [7, 11) is 0. The Labute approximate surface area is 114 Å². The van der Waals surface area contributed by atoms with Crippen LogP contribution in [0.25, 0.3) is 0 Å². The maximum atomic E-state index is 9.37. The number of rotatable bonds is 1. The van der Waals surface area contributed by atoms with Gasteiger partial charge in [0.1, 0.15) is 11.6 Å². The fourth-order valence-corrected chi connectivity index (χ4v) is 2.57. The van der Waals surface area contributed by atoms with Crippen LogP contribution in [0.2, 0.25) is 0 Å². The molecule has 0 aliphatic carbocycles. The van der Waals surface area contributed by atoms with E-state index in [2.05, 4.69) is 35.0 Å². The van der Waals surface area contributed by atoms with Gasteiger partial charge in [0.15, 0.2) is 5.82 Å². The largest absolute Gasteiger partial charge is 0.369 e. The van der Waals surface area contributed by atoms with E-state index in [-0.39, 0.29) is 11.7 Å². The molecule has 0 N–H and O–H groups in total. The van der Waals surface area contributed by atoms with Crippen LogP contribution in [0.3, 0.4) is 0 Å². The highest BCUT2D eigenvalue weighted by Gasteiger charge is 2.33. The SMILES string of the molecule is Cc1nnc(N2C[C@H](C)OC(C)(C)C2)c(C#N)c1C. The van der Waals surface area contributed by atoms with E-state index in [9.17, 15) is 5.26 Å². The molecule has 5 nitrogen and oxygen atoms in total. The van der Waals surface area contributed by atoms with E-state index in [0.29, 0.717) is 17.9 Å². The van der Waals surface area contributed by atoms with Crippen molar-refractivity contribution in [3.05, 3.63) is 16.8 Å². The van der Waals surface area contributed by atoms with Crippen molar-refractivity contribution in [3.63, 3.8) is 0 Å². The Morgan fingerprint density at radius 2 is 2.05 bits per heavy atom. The van der Waals surface area contributed by atoms with E-state index in [0.717, 1.165) is 17.8 Å². The number of aromatic nitrogens is 2. The molecule has 0 radical (unpaired) electrons. The zero-order valence-electron chi connectivity index (χ0n) is 12.2. The molecule has 1 aliphatic heterocycles. The first-order chi connectivity index (χ1) is 8.84. The molecule has 1 saturated heterocycles. The number of morpholine rings is 1. The molecule has 0 spiro atoms. The van der Waals surface area contributed by atoms with E-state index < -0.39 is 0 Å². The Kier molecular flexibility index (Phi) is 3.46. The summed E-state index contributed by atoms with van der Waals surface area (Å²) in [5.41, 5.74) is 2.09. The van der Waals surface area contributed by atoms with Crippen LogP contribution in [0.5, 0.6) is 0 Å². The van der Waals surface area contributed by atoms with Crippen LogP contribution < -0.4 is 4.90 Å². The van der Waals surface area contributed by atoms with Gasteiger partial charge in [-0.1, -0.05) is 0 Å². The second kappa shape index (κ2) is 4.78. The number of hydrogen-bond donors (Lipinski definition) is 0. The lowest BCUT2D eigenvalue weighted by atomic mass is 10.0. The molecule has 1 fully saturated rings. The number of hydrogen-bond acceptors (Lipinski definition) is 5. The van der Waals surface area contributed by atoms with Crippen LogP contribution in [0.15, 0.2) is 0 Å². The molecule has 2 rings (SSSR count). The summed E-state index contributed by atoms with van der Waals surface area (Å²) in [5.74, 6) is 0.675. The molecule has 5 heteroatoms. The minimum atomic E-state index is -0.245. The number of aryl methyl sites for hydroxylation is 1. The van der Waals surface area contributed by atoms with Crippen LogP contribution in [0.4, 0.5) is 5.82 Å². The maximum Gasteiger partial charge on any atom is 0.169 e. The first-order valence-corrected chi connectivity index (χ1v) is 6.51. The molecule has 102 valence electrons. The average Bonchev–Trinajstić information content (AvgIpc) is 2.29. The molecular formula is C14H20N4O. The maximum absolute atomic E-state index is 9.37. The molecule has 0 saturated carbocycles. The van der Waals surface area contributed by atoms with E-state index in [4.69, 9.17) is 4.74 Å². The monoisotopic (exact) mass is 260 g/mol. The summed E-state index contributed by atoms with van der Waals surface area (Å²) in [6.07, 6.45) is 0.110. The van der Waals surface area contributed by atoms with Crippen LogP contribution in [-0.4, -0.2) is 35.0 Å². The van der Waals surface area contributed by atoms with Crippen molar-refractivity contribution < 1.29 is 4.74 Å². The molecule has 1 atom stereocenters. The molecule has 0 aromatic carbocycles. The Morgan fingerprint density at radius 1 is 1.37 bits per heavy atom. The summed E-state index contributed by atoms with van der Waals surface area (Å²) >= 11 is 0. The number of ether oxygens (including phenoxy) is 1. The predicted octanol–water partition coefficient (Wildman–Crippen LogP) is 1.97. The van der Waals surface area contributed by atoms with Crippen molar-refractivity contribution in [1.29, 1.82) is 5.26 Å². The third-order valence-corrected chi connectivity index (χ3v) is 3.42. The predicted molar refractivity (Wildman–Crippen MR) is 73.1 cm³/mol. The lowest BCUT2D eigenvalue weighted by molar-refractivity contribution is -0.0752. The van der Waals surface area contributed by atoms with Gasteiger partial charge < -0.3 is 9.64 Å². The summed E-state index contributed by atoms with van der Waals surface area (Å²) in [5, 5.41) is 17.8. The lowest BCUT2D eigenvalue weighted by Gasteiger charge is -2.42. The van der Waals surface area contributed by atoms with Gasteiger partial charge in [-0.15, -0.1) is 5.10 Å². The van der Waals surface area contributed by atoms with Gasteiger partial charge in [-0.05, 0) is 40.2 Å². The lowest BCUT2D eigenvalue weighted by Crippen LogP contribution is -2.52. The second-order valence-corrected chi connectivity index (χ2v) is 5.79. The minimum Gasteiger partial charge on any atom is -0.369 e. The summed E-state index contributed by atoms with van der Waals surface area (Å²) in [6, 6.07) is 2.26. The molecule has 1 aromatic rings. The molecule has 1 aliphatic rings. The summed E-state index contributed by atoms with van der Waals surface area (Å²) in [6.45, 7) is 11.4. The first-order valence-electron chi connectivity index (χ1n) is 6.51. The Bertz CT molecular complexity index is 533. The Balaban J connectivity index is 2.42. The van der Waals surface area contributed by atoms with Gasteiger partial charge in [-0.25, -0.2) is 0 Å². The van der Waals surface area contributed by atoms with Crippen LogP contribution in [-0.2, 0) is 4.74 Å². The molecule has 1 aromatic heterocycles. The zero-order valence-corrected chi connectivity index (χ0v) is 12.2. The fourth-order valence-electron chi connectivity index (χ4n) is 2.57. The van der Waals surface area contributed by atoms with Crippen LogP contribution >= 0.6 is 0 Å². The van der Waals surface area contributed by atoms with Gasteiger partial charge in [-0.3, -0.25) is 0 Å². The van der Waals surface area contributed by atoms with E-state index in [1.165, 1.54) is 0 Å². The van der Waals surface area contributed by atoms with Gasteiger partial charge >= 0.3 is 0 Å². The highest BCUT2D eigenvalue weighted by atomic mass is 16.5. The van der Waals surface area contributed by atoms with E-state index >= 15 is 0 Å². The highest BCUT2D eigenvalue weighted by Crippen LogP contribution is 2.28. The molecule has 0 bridgehead atoms. The van der Waals surface area contributed by atoms with Crippen molar-refractivity contribution in [2.75, 3.05) is 18.0 Å². The molecule has 0 unspecified atom stereocenters. The molecule has 19 heavy (non-hydrogen) atoms. The standard InChI is InChI=1S/C14H20N4O/c1-9-7-18(8-14(4,5)19-9)13-12(6-15)10(2)11(3)16-17-13/h9H,7-8H2,1-5H3/t9-/m0/s1. The quantitative estimate of drug-likeness (QED) is 0.772. The number of nitrogens with zero attached hydrogens (tertiary/aromatic N) is 4. The average molecular weight is 260 g/mol. The Morgan fingerprint density at radius 3 is 2.63 bits per heavy atom. The highest BCUT2D eigenvalue weighted by molar-refractivity contribution is 5.58. The van der Waals surface area contributed by atoms with Gasteiger partial charge in [0, 0.05) is 13.1 Å². The summed E-state index contributed by atoms with van der Waals surface area (Å²) < 4.78 is 5.88. The van der Waals surface area contributed by atoms with E-state index in [1.807, 2.05) is 20.8 Å². The van der Waals surface area contributed by atoms with Crippen molar-refractivity contribution in [2.24, 2.45) is 0 Å². The van der Waals surface area contributed by atoms with Crippen LogP contribution in [0, 0.1) is 25.2 Å². The van der Waals surface area contributed by atoms with E-state index in [1.54, 1.807) is 0 Å². The number of nitriles is 1. The second-order valence-electron chi connectivity index (χ2n) is 5.79. The molecule has 0 amide bonds. The van der Waals surface area contributed by atoms with Crippen molar-refractivity contribution in [2.45, 2.75) is 46.3 Å². The van der Waals surface area contributed by atoms with Gasteiger partial charge in [-0.2, -0.15) is 10.4 Å². The molecule has 2 heterocycles. The Hall–Kier alpha value is -1.67. The van der Waals surface area contributed by atoms with Gasteiger partial charge in [0.05, 0.1) is 17.4 Å². The topological polar surface area (TPSA) is 62.0 Å². The third kappa shape index (κ3) is 2.69. The molecular weight excluding hydrogens is 240 g/mol. The van der Waals surface area contributed by atoms with Gasteiger partial charge in [0.2, 0.25) is 0 Å². The third-order valence-electron chi connectivity index (χ3n) is 3.42. The van der Waals surface area contributed by atoms with Crippen LogP contribution in [0.1, 0.15) is 37.6 Å². The van der Waals surface area contributed by atoms with Crippen molar-refractivity contribution >= 4 is 5.82 Å². The smallest absolute Gasteiger partial charge is 0.169 e. The first kappa shape index (κ1) is 13.8. The van der Waals surface area contributed by atoms with Gasteiger partial charge in [0.25, 0.3) is 0 Å². The zero-order chi connectivity index (χ0) is 14.2. The van der Waals surface area contributed by atoms with Crippen molar-refractivity contribution in [3.8, 4) is 6.07 Å². The minimum absolute atomic E-state index is 0.110.